The minimum Gasteiger partial charge on any atom is -0.395 e. The zero-order chi connectivity index (χ0) is 19.9. The number of urea groups is 1. The van der Waals surface area contributed by atoms with E-state index in [0.717, 1.165) is 11.3 Å². The molecule has 3 amide bonds. The lowest BCUT2D eigenvalue weighted by atomic mass is 10.2. The minimum absolute atomic E-state index is 0.0688. The van der Waals surface area contributed by atoms with Crippen LogP contribution in [-0.4, -0.2) is 64.1 Å². The number of aryl methyl sites for hydroxylation is 1. The summed E-state index contributed by atoms with van der Waals surface area (Å²) in [5, 5.41) is 12.3. The van der Waals surface area contributed by atoms with Crippen molar-refractivity contribution in [1.29, 1.82) is 0 Å². The standard InChI is InChI=1S/C21H26N4O3/c1-16-7-8-18(13-22-16)20(27)24-10-9-19(15-24)23-21(28)25(11-12-26)14-17-5-3-2-4-6-17/h2-8,13,19,26H,9-12,14-15H2,1H3,(H,23,28). The van der Waals surface area contributed by atoms with Gasteiger partial charge in [0.15, 0.2) is 0 Å². The van der Waals surface area contributed by atoms with Crippen molar-refractivity contribution in [3.05, 3.63) is 65.5 Å². The monoisotopic (exact) mass is 382 g/mol. The Bertz CT molecular complexity index is 795. The van der Waals surface area contributed by atoms with Crippen LogP contribution in [0.4, 0.5) is 4.79 Å². The van der Waals surface area contributed by atoms with Gasteiger partial charge in [0, 0.05) is 44.1 Å². The van der Waals surface area contributed by atoms with Crippen molar-refractivity contribution in [2.45, 2.75) is 25.9 Å². The van der Waals surface area contributed by atoms with Crippen molar-refractivity contribution in [3.8, 4) is 0 Å². The first kappa shape index (κ1) is 19.8. The highest BCUT2D eigenvalue weighted by Crippen LogP contribution is 2.14. The summed E-state index contributed by atoms with van der Waals surface area (Å²) in [6, 6.07) is 12.9. The molecule has 1 aromatic heterocycles. The summed E-state index contributed by atoms with van der Waals surface area (Å²) in [6.07, 6.45) is 2.29. The Morgan fingerprint density at radius 1 is 1.25 bits per heavy atom. The number of nitrogens with one attached hydrogen (secondary N) is 1. The fraction of sp³-hybridized carbons (Fsp3) is 0.381. The van der Waals surface area contributed by atoms with Crippen molar-refractivity contribution in [2.24, 2.45) is 0 Å². The Labute approximate surface area is 165 Å². The van der Waals surface area contributed by atoms with E-state index in [9.17, 15) is 14.7 Å². The molecule has 0 bridgehead atoms. The maximum atomic E-state index is 12.7. The van der Waals surface area contributed by atoms with Crippen LogP contribution < -0.4 is 5.32 Å². The number of likely N-dealkylation sites (tertiary alicyclic amines) is 1. The number of pyridine rings is 1. The number of aliphatic hydroxyl groups is 1. The second-order valence-corrected chi connectivity index (χ2v) is 7.01. The van der Waals surface area contributed by atoms with Gasteiger partial charge in [0.1, 0.15) is 0 Å². The SMILES string of the molecule is Cc1ccc(C(=O)N2CCC(NC(=O)N(CCO)Cc3ccccc3)C2)cn1. The average Bonchev–Trinajstić information content (AvgIpc) is 3.17. The molecule has 2 aromatic rings. The van der Waals surface area contributed by atoms with Crippen molar-refractivity contribution in [3.63, 3.8) is 0 Å². The van der Waals surface area contributed by atoms with E-state index >= 15 is 0 Å². The highest BCUT2D eigenvalue weighted by Gasteiger charge is 2.29. The molecule has 1 atom stereocenters. The van der Waals surface area contributed by atoms with Gasteiger partial charge in [0.05, 0.1) is 12.2 Å². The van der Waals surface area contributed by atoms with Gasteiger partial charge >= 0.3 is 6.03 Å². The van der Waals surface area contributed by atoms with E-state index in [1.54, 1.807) is 22.1 Å². The van der Waals surface area contributed by atoms with Gasteiger partial charge in [0.2, 0.25) is 0 Å². The number of benzene rings is 1. The fourth-order valence-corrected chi connectivity index (χ4v) is 3.28. The fourth-order valence-electron chi connectivity index (χ4n) is 3.28. The molecule has 1 aliphatic rings. The normalized spacial score (nSPS) is 16.1. The highest BCUT2D eigenvalue weighted by atomic mass is 16.3. The molecule has 7 nitrogen and oxygen atoms in total. The minimum atomic E-state index is -0.228. The number of amides is 3. The molecule has 28 heavy (non-hydrogen) atoms. The summed E-state index contributed by atoms with van der Waals surface area (Å²) in [7, 11) is 0. The Morgan fingerprint density at radius 2 is 2.04 bits per heavy atom. The molecule has 148 valence electrons. The number of hydrogen-bond acceptors (Lipinski definition) is 4. The molecule has 1 aliphatic heterocycles. The van der Waals surface area contributed by atoms with Crippen LogP contribution in [0.3, 0.4) is 0 Å². The van der Waals surface area contributed by atoms with E-state index in [1.807, 2.05) is 43.3 Å². The Kier molecular flexibility index (Phi) is 6.60. The van der Waals surface area contributed by atoms with Gasteiger partial charge in [-0.1, -0.05) is 30.3 Å². The van der Waals surface area contributed by atoms with Gasteiger partial charge < -0.3 is 20.2 Å². The van der Waals surface area contributed by atoms with Crippen LogP contribution in [0, 0.1) is 6.92 Å². The molecule has 7 heteroatoms. The van der Waals surface area contributed by atoms with Crippen LogP contribution in [0.15, 0.2) is 48.7 Å². The third kappa shape index (κ3) is 5.07. The molecule has 1 fully saturated rings. The smallest absolute Gasteiger partial charge is 0.318 e. The van der Waals surface area contributed by atoms with Crippen LogP contribution >= 0.6 is 0 Å². The van der Waals surface area contributed by atoms with E-state index < -0.39 is 0 Å². The zero-order valence-corrected chi connectivity index (χ0v) is 16.0. The summed E-state index contributed by atoms with van der Waals surface area (Å²) in [6.45, 7) is 3.52. The third-order valence-corrected chi connectivity index (χ3v) is 4.83. The Morgan fingerprint density at radius 3 is 2.71 bits per heavy atom. The number of nitrogens with zero attached hydrogens (tertiary/aromatic N) is 3. The first-order valence-electron chi connectivity index (χ1n) is 9.49. The molecular formula is C21H26N4O3. The van der Waals surface area contributed by atoms with Gasteiger partial charge in [-0.3, -0.25) is 9.78 Å². The number of hydrogen-bond donors (Lipinski definition) is 2. The molecule has 0 spiro atoms. The molecule has 2 N–H and O–H groups in total. The number of aromatic nitrogens is 1. The number of rotatable bonds is 6. The second kappa shape index (κ2) is 9.32. The van der Waals surface area contributed by atoms with E-state index in [-0.39, 0.29) is 31.1 Å². The van der Waals surface area contributed by atoms with Crippen LogP contribution in [0.1, 0.15) is 28.0 Å². The molecule has 1 aromatic carbocycles. The lowest BCUT2D eigenvalue weighted by Gasteiger charge is -2.25. The van der Waals surface area contributed by atoms with Gasteiger partial charge in [-0.05, 0) is 31.0 Å². The summed E-state index contributed by atoms with van der Waals surface area (Å²) < 4.78 is 0. The second-order valence-electron chi connectivity index (χ2n) is 7.01. The summed E-state index contributed by atoms with van der Waals surface area (Å²) in [4.78, 5) is 32.8. The van der Waals surface area contributed by atoms with Crippen molar-refractivity contribution >= 4 is 11.9 Å². The predicted octanol–water partition coefficient (Wildman–Crippen LogP) is 1.81. The Balaban J connectivity index is 1.56. The quantitative estimate of drug-likeness (QED) is 0.798. The summed E-state index contributed by atoms with van der Waals surface area (Å²) in [5.74, 6) is -0.0688. The van der Waals surface area contributed by atoms with Crippen molar-refractivity contribution < 1.29 is 14.7 Å². The summed E-state index contributed by atoms with van der Waals surface area (Å²) >= 11 is 0. The van der Waals surface area contributed by atoms with Crippen LogP contribution in [0.25, 0.3) is 0 Å². The third-order valence-electron chi connectivity index (χ3n) is 4.83. The molecule has 1 unspecified atom stereocenters. The molecule has 3 rings (SSSR count). The number of aliphatic hydroxyl groups excluding tert-OH is 1. The topological polar surface area (TPSA) is 85.8 Å². The number of carbonyl (C=O) groups is 2. The van der Waals surface area contributed by atoms with Crippen LogP contribution in [0.2, 0.25) is 0 Å². The van der Waals surface area contributed by atoms with Gasteiger partial charge in [-0.2, -0.15) is 0 Å². The van der Waals surface area contributed by atoms with Gasteiger partial charge in [-0.15, -0.1) is 0 Å². The number of carbonyl (C=O) groups excluding carboxylic acids is 2. The predicted molar refractivity (Wildman–Crippen MR) is 106 cm³/mol. The average molecular weight is 382 g/mol. The van der Waals surface area contributed by atoms with Gasteiger partial charge in [-0.25, -0.2) is 4.79 Å². The first-order chi connectivity index (χ1) is 13.6. The zero-order valence-electron chi connectivity index (χ0n) is 16.0. The van der Waals surface area contributed by atoms with Crippen LogP contribution in [0.5, 0.6) is 0 Å². The Hall–Kier alpha value is -2.93. The lowest BCUT2D eigenvalue weighted by molar-refractivity contribution is 0.0788. The maximum Gasteiger partial charge on any atom is 0.318 e. The van der Waals surface area contributed by atoms with E-state index in [2.05, 4.69) is 10.3 Å². The van der Waals surface area contributed by atoms with E-state index in [1.165, 1.54) is 0 Å². The molecular weight excluding hydrogens is 356 g/mol. The molecule has 0 radical (unpaired) electrons. The molecule has 0 aliphatic carbocycles. The highest BCUT2D eigenvalue weighted by molar-refractivity contribution is 5.94. The van der Waals surface area contributed by atoms with Crippen molar-refractivity contribution in [2.75, 3.05) is 26.2 Å². The lowest BCUT2D eigenvalue weighted by Crippen LogP contribution is -2.46. The van der Waals surface area contributed by atoms with Crippen molar-refractivity contribution in [1.82, 2.24) is 20.1 Å². The summed E-state index contributed by atoms with van der Waals surface area (Å²) in [5.41, 5.74) is 2.43. The van der Waals surface area contributed by atoms with E-state index in [4.69, 9.17) is 0 Å². The molecule has 1 saturated heterocycles. The largest absolute Gasteiger partial charge is 0.395 e. The molecule has 2 heterocycles. The molecule has 0 saturated carbocycles. The first-order valence-corrected chi connectivity index (χ1v) is 9.49. The van der Waals surface area contributed by atoms with E-state index in [0.29, 0.717) is 31.6 Å². The maximum absolute atomic E-state index is 12.7. The van der Waals surface area contributed by atoms with Gasteiger partial charge in [0.25, 0.3) is 5.91 Å². The van der Waals surface area contributed by atoms with Crippen LogP contribution in [-0.2, 0) is 6.54 Å².